The van der Waals surface area contributed by atoms with Gasteiger partial charge in [0.05, 0.1) is 5.52 Å². The monoisotopic (exact) mass is 261 g/mol. The quantitative estimate of drug-likeness (QED) is 0.739. The highest BCUT2D eigenvalue weighted by atomic mass is 35.5. The van der Waals surface area contributed by atoms with Gasteiger partial charge >= 0.3 is 0 Å². The second-order valence-corrected chi connectivity index (χ2v) is 5.52. The van der Waals surface area contributed by atoms with Crippen LogP contribution in [0.1, 0.15) is 13.3 Å². The largest absolute Gasteiger partial charge is 0.340 e. The van der Waals surface area contributed by atoms with Gasteiger partial charge in [0, 0.05) is 30.0 Å². The Labute approximate surface area is 112 Å². The molecule has 3 nitrogen and oxygen atoms in total. The van der Waals surface area contributed by atoms with Crippen molar-refractivity contribution in [1.82, 2.24) is 9.97 Å². The zero-order valence-corrected chi connectivity index (χ0v) is 11.1. The lowest BCUT2D eigenvalue weighted by Gasteiger charge is -2.34. The molecular weight excluding hydrogens is 246 g/mol. The number of para-hydroxylation sites is 1. The van der Waals surface area contributed by atoms with E-state index in [2.05, 4.69) is 21.8 Å². The smallest absolute Gasteiger partial charge is 0.225 e. The van der Waals surface area contributed by atoms with Gasteiger partial charge in [-0.3, -0.25) is 0 Å². The Kier molecular flexibility index (Phi) is 3.08. The molecule has 2 aromatic rings. The summed E-state index contributed by atoms with van der Waals surface area (Å²) >= 11 is 6.25. The van der Waals surface area contributed by atoms with Gasteiger partial charge in [0.15, 0.2) is 0 Å². The molecule has 0 bridgehead atoms. The van der Waals surface area contributed by atoms with E-state index in [1.807, 2.05) is 30.5 Å². The number of aromatic nitrogens is 2. The number of halogens is 1. The van der Waals surface area contributed by atoms with Crippen LogP contribution in [-0.4, -0.2) is 28.4 Å². The Hall–Kier alpha value is -1.35. The third kappa shape index (κ3) is 2.15. The van der Waals surface area contributed by atoms with Crippen LogP contribution < -0.4 is 4.90 Å². The molecule has 1 aromatic carbocycles. The lowest BCUT2D eigenvalue weighted by atomic mass is 10.00. The van der Waals surface area contributed by atoms with Crippen LogP contribution >= 0.6 is 11.6 Å². The van der Waals surface area contributed by atoms with Crippen LogP contribution in [0.15, 0.2) is 30.5 Å². The highest BCUT2D eigenvalue weighted by Crippen LogP contribution is 2.25. The molecule has 1 fully saturated rings. The van der Waals surface area contributed by atoms with Crippen molar-refractivity contribution in [3.63, 3.8) is 0 Å². The fraction of sp³-hybridized carbons (Fsp3) is 0.429. The first-order chi connectivity index (χ1) is 8.74. The van der Waals surface area contributed by atoms with Crippen LogP contribution in [0.3, 0.4) is 0 Å². The van der Waals surface area contributed by atoms with Crippen molar-refractivity contribution in [3.8, 4) is 0 Å². The molecule has 2 unspecified atom stereocenters. The van der Waals surface area contributed by atoms with Crippen molar-refractivity contribution < 1.29 is 0 Å². The Bertz CT molecular complexity index is 557. The topological polar surface area (TPSA) is 29.0 Å². The predicted molar refractivity (Wildman–Crippen MR) is 75.2 cm³/mol. The summed E-state index contributed by atoms with van der Waals surface area (Å²) in [6.45, 7) is 4.06. The van der Waals surface area contributed by atoms with E-state index in [4.69, 9.17) is 11.6 Å². The number of alkyl halides is 1. The van der Waals surface area contributed by atoms with E-state index in [9.17, 15) is 0 Å². The molecular formula is C14H16ClN3. The van der Waals surface area contributed by atoms with Crippen LogP contribution in [0, 0.1) is 5.92 Å². The number of benzene rings is 1. The lowest BCUT2D eigenvalue weighted by molar-refractivity contribution is 0.450. The third-order valence-corrected chi connectivity index (χ3v) is 4.21. The molecule has 1 aromatic heterocycles. The predicted octanol–water partition coefficient (Wildman–Crippen LogP) is 3.08. The van der Waals surface area contributed by atoms with Gasteiger partial charge in [-0.15, -0.1) is 11.6 Å². The third-order valence-electron chi connectivity index (χ3n) is 3.56. The lowest BCUT2D eigenvalue weighted by Crippen LogP contribution is -2.40. The van der Waals surface area contributed by atoms with Gasteiger partial charge in [-0.2, -0.15) is 0 Å². The summed E-state index contributed by atoms with van der Waals surface area (Å²) < 4.78 is 0. The maximum Gasteiger partial charge on any atom is 0.225 e. The first kappa shape index (κ1) is 11.7. The van der Waals surface area contributed by atoms with E-state index in [1.54, 1.807) is 0 Å². The van der Waals surface area contributed by atoms with Crippen LogP contribution in [0.25, 0.3) is 10.9 Å². The van der Waals surface area contributed by atoms with Crippen molar-refractivity contribution in [2.75, 3.05) is 18.0 Å². The summed E-state index contributed by atoms with van der Waals surface area (Å²) in [7, 11) is 0. The van der Waals surface area contributed by atoms with Crippen LogP contribution in [0.5, 0.6) is 0 Å². The van der Waals surface area contributed by atoms with E-state index >= 15 is 0 Å². The van der Waals surface area contributed by atoms with Gasteiger partial charge in [0.2, 0.25) is 5.95 Å². The zero-order valence-electron chi connectivity index (χ0n) is 10.4. The summed E-state index contributed by atoms with van der Waals surface area (Å²) in [6.07, 6.45) is 2.90. The summed E-state index contributed by atoms with van der Waals surface area (Å²) in [5.74, 6) is 1.31. The number of hydrogen-bond donors (Lipinski definition) is 0. The van der Waals surface area contributed by atoms with Crippen LogP contribution in [-0.2, 0) is 0 Å². The Morgan fingerprint density at radius 2 is 2.17 bits per heavy atom. The van der Waals surface area contributed by atoms with Crippen LogP contribution in [0.2, 0.25) is 0 Å². The minimum atomic E-state index is 0.279. The van der Waals surface area contributed by atoms with E-state index in [1.165, 1.54) is 0 Å². The average molecular weight is 262 g/mol. The SMILES string of the molecule is CC1CN(c2ncc3ccccc3n2)CCC1Cl. The molecule has 0 N–H and O–H groups in total. The highest BCUT2D eigenvalue weighted by Gasteiger charge is 2.25. The molecule has 0 amide bonds. The Morgan fingerprint density at radius 3 is 3.00 bits per heavy atom. The normalized spacial score (nSPS) is 24.4. The van der Waals surface area contributed by atoms with E-state index in [0.29, 0.717) is 5.92 Å². The van der Waals surface area contributed by atoms with Gasteiger partial charge in [-0.25, -0.2) is 9.97 Å². The first-order valence-corrected chi connectivity index (χ1v) is 6.78. The summed E-state index contributed by atoms with van der Waals surface area (Å²) in [4.78, 5) is 11.3. The minimum absolute atomic E-state index is 0.279. The second-order valence-electron chi connectivity index (χ2n) is 4.96. The van der Waals surface area contributed by atoms with Gasteiger partial charge in [-0.1, -0.05) is 25.1 Å². The van der Waals surface area contributed by atoms with E-state index in [-0.39, 0.29) is 5.38 Å². The fourth-order valence-electron chi connectivity index (χ4n) is 2.41. The summed E-state index contributed by atoms with van der Waals surface area (Å²) in [6, 6.07) is 8.07. The maximum atomic E-state index is 6.25. The molecule has 3 rings (SSSR count). The molecule has 0 saturated carbocycles. The number of piperidine rings is 1. The molecule has 18 heavy (non-hydrogen) atoms. The van der Waals surface area contributed by atoms with Gasteiger partial charge in [-0.05, 0) is 18.4 Å². The Morgan fingerprint density at radius 1 is 1.33 bits per heavy atom. The number of hydrogen-bond acceptors (Lipinski definition) is 3. The van der Waals surface area contributed by atoms with Crippen molar-refractivity contribution in [2.45, 2.75) is 18.7 Å². The van der Waals surface area contributed by atoms with Crippen molar-refractivity contribution >= 4 is 28.5 Å². The minimum Gasteiger partial charge on any atom is -0.340 e. The molecule has 2 atom stereocenters. The van der Waals surface area contributed by atoms with Crippen molar-refractivity contribution in [2.24, 2.45) is 5.92 Å². The molecule has 1 aliphatic rings. The standard InChI is InChI=1S/C14H16ClN3/c1-10-9-18(7-6-12(10)15)14-16-8-11-4-2-3-5-13(11)17-14/h2-5,8,10,12H,6-7,9H2,1H3. The average Bonchev–Trinajstić information content (AvgIpc) is 2.41. The molecule has 0 aliphatic carbocycles. The van der Waals surface area contributed by atoms with Gasteiger partial charge in [0.1, 0.15) is 0 Å². The highest BCUT2D eigenvalue weighted by molar-refractivity contribution is 6.20. The Balaban J connectivity index is 1.90. The van der Waals surface area contributed by atoms with Gasteiger partial charge < -0.3 is 4.90 Å². The molecule has 1 aliphatic heterocycles. The molecule has 1 saturated heterocycles. The van der Waals surface area contributed by atoms with Gasteiger partial charge in [0.25, 0.3) is 0 Å². The van der Waals surface area contributed by atoms with E-state index < -0.39 is 0 Å². The van der Waals surface area contributed by atoms with Crippen molar-refractivity contribution in [1.29, 1.82) is 0 Å². The number of fused-ring (bicyclic) bond motifs is 1. The first-order valence-electron chi connectivity index (χ1n) is 6.35. The van der Waals surface area contributed by atoms with Crippen molar-refractivity contribution in [3.05, 3.63) is 30.5 Å². The maximum absolute atomic E-state index is 6.25. The number of anilines is 1. The summed E-state index contributed by atoms with van der Waals surface area (Å²) in [5.41, 5.74) is 1.00. The molecule has 0 spiro atoms. The molecule has 2 heterocycles. The zero-order chi connectivity index (χ0) is 12.5. The molecule has 4 heteroatoms. The van der Waals surface area contributed by atoms with Crippen LogP contribution in [0.4, 0.5) is 5.95 Å². The number of nitrogens with zero attached hydrogens (tertiary/aromatic N) is 3. The number of rotatable bonds is 1. The second kappa shape index (κ2) is 4.73. The fourth-order valence-corrected chi connectivity index (χ4v) is 2.59. The molecule has 94 valence electrons. The van der Waals surface area contributed by atoms with E-state index in [0.717, 1.165) is 36.4 Å². The summed E-state index contributed by atoms with van der Waals surface area (Å²) in [5, 5.41) is 1.36. The molecule has 0 radical (unpaired) electrons.